The molecule has 0 aliphatic carbocycles. The largest absolute Gasteiger partial charge is 0.573 e. The zero-order valence-corrected chi connectivity index (χ0v) is 20.8. The van der Waals surface area contributed by atoms with E-state index in [1.165, 1.54) is 25.3 Å². The van der Waals surface area contributed by atoms with Crippen molar-refractivity contribution >= 4 is 23.5 Å². The molecule has 1 N–H and O–H groups in total. The highest BCUT2D eigenvalue weighted by Gasteiger charge is 2.31. The molecule has 2 aromatic carbocycles. The highest BCUT2D eigenvalue weighted by molar-refractivity contribution is 6.35. The normalized spacial score (nSPS) is 15.9. The fourth-order valence-electron chi connectivity index (χ4n) is 3.88. The summed E-state index contributed by atoms with van der Waals surface area (Å²) in [4.78, 5) is 23.1. The summed E-state index contributed by atoms with van der Waals surface area (Å²) >= 11 is 6.48. The molecule has 0 amide bonds. The molecule has 2 heterocycles. The van der Waals surface area contributed by atoms with Gasteiger partial charge in [-0.15, -0.1) is 13.2 Å². The zero-order chi connectivity index (χ0) is 26.6. The van der Waals surface area contributed by atoms with Gasteiger partial charge in [0.05, 0.1) is 17.7 Å². The Labute approximate surface area is 216 Å². The van der Waals surface area contributed by atoms with E-state index in [-0.39, 0.29) is 34.9 Å². The number of hydrogen-bond donors (Lipinski definition) is 1. The molecule has 0 bridgehead atoms. The second kappa shape index (κ2) is 11.2. The highest BCUT2D eigenvalue weighted by atomic mass is 35.5. The predicted octanol–water partition coefficient (Wildman–Crippen LogP) is 5.18. The van der Waals surface area contributed by atoms with Crippen molar-refractivity contribution in [1.29, 1.82) is 0 Å². The minimum atomic E-state index is -4.77. The maximum atomic E-state index is 12.5. The van der Waals surface area contributed by atoms with Crippen LogP contribution in [0.4, 0.5) is 19.1 Å². The monoisotopic (exact) mass is 536 g/mol. The van der Waals surface area contributed by atoms with E-state index in [0.717, 1.165) is 19.5 Å². The Bertz CT molecular complexity index is 1260. The molecule has 3 aromatic rings. The van der Waals surface area contributed by atoms with Crippen molar-refractivity contribution in [2.24, 2.45) is 0 Å². The summed E-state index contributed by atoms with van der Waals surface area (Å²) in [5.74, 6) is -0.285. The number of carbonyl (C=O) groups is 1. The molecule has 196 valence electrons. The van der Waals surface area contributed by atoms with Crippen LogP contribution in [0.5, 0.6) is 11.5 Å². The summed E-state index contributed by atoms with van der Waals surface area (Å²) in [6, 6.07) is 8.92. The number of benzene rings is 2. The molecule has 37 heavy (non-hydrogen) atoms. The van der Waals surface area contributed by atoms with E-state index in [4.69, 9.17) is 21.1 Å². The minimum absolute atomic E-state index is 0.0638. The number of ether oxygens (including phenoxy) is 3. The summed E-state index contributed by atoms with van der Waals surface area (Å²) in [5.41, 5.74) is 1.91. The van der Waals surface area contributed by atoms with E-state index in [9.17, 15) is 18.0 Å². The van der Waals surface area contributed by atoms with Gasteiger partial charge in [-0.2, -0.15) is 0 Å². The van der Waals surface area contributed by atoms with E-state index >= 15 is 0 Å². The Balaban J connectivity index is 1.50. The van der Waals surface area contributed by atoms with Crippen molar-refractivity contribution in [2.75, 3.05) is 32.6 Å². The smallest absolute Gasteiger partial charge is 0.487 e. The molecule has 1 aliphatic heterocycles. The number of carbonyl (C=O) groups excluding carboxylic acids is 1. The number of esters is 1. The number of anilines is 1. The van der Waals surface area contributed by atoms with E-state index in [1.807, 2.05) is 7.05 Å². The lowest BCUT2D eigenvalue weighted by molar-refractivity contribution is -0.274. The lowest BCUT2D eigenvalue weighted by Gasteiger charge is -2.17. The molecule has 1 saturated heterocycles. The van der Waals surface area contributed by atoms with Crippen molar-refractivity contribution < 1.29 is 32.2 Å². The molecule has 0 radical (unpaired) electrons. The summed E-state index contributed by atoms with van der Waals surface area (Å²) in [5, 5.41) is 3.13. The third kappa shape index (κ3) is 7.01. The number of hydrogen-bond acceptors (Lipinski definition) is 8. The predicted molar refractivity (Wildman–Crippen MR) is 131 cm³/mol. The van der Waals surface area contributed by atoms with Crippen molar-refractivity contribution in [3.63, 3.8) is 0 Å². The number of likely N-dealkylation sites (tertiary alicyclic amines) is 1. The van der Waals surface area contributed by atoms with Crippen molar-refractivity contribution in [2.45, 2.75) is 25.4 Å². The van der Waals surface area contributed by atoms with Crippen molar-refractivity contribution in [1.82, 2.24) is 14.9 Å². The van der Waals surface area contributed by atoms with Crippen LogP contribution in [0.15, 0.2) is 48.8 Å². The number of rotatable bonds is 8. The summed E-state index contributed by atoms with van der Waals surface area (Å²) in [6.07, 6.45) is -0.893. The quantitative estimate of drug-likeness (QED) is 0.394. The maximum Gasteiger partial charge on any atom is 0.573 e. The van der Waals surface area contributed by atoms with Gasteiger partial charge < -0.3 is 24.4 Å². The minimum Gasteiger partial charge on any atom is -0.487 e. The SMILES string of the molecule is COC(=O)c1cc(-c2cnc(NCc3cccc(OC(F)(F)F)c3)nc2)cc(OC2CCN(C)C2)c1Cl. The van der Waals surface area contributed by atoms with Gasteiger partial charge in [0, 0.05) is 37.6 Å². The molecule has 1 aromatic heterocycles. The molecule has 4 rings (SSSR count). The first kappa shape index (κ1) is 26.5. The average molecular weight is 537 g/mol. The topological polar surface area (TPSA) is 85.8 Å². The molecule has 1 fully saturated rings. The van der Waals surface area contributed by atoms with Crippen LogP contribution in [0.1, 0.15) is 22.3 Å². The van der Waals surface area contributed by atoms with Crippen LogP contribution in [0.25, 0.3) is 11.1 Å². The Kier molecular flexibility index (Phi) is 8.03. The third-order valence-corrected chi connectivity index (χ3v) is 6.04. The number of nitrogens with zero attached hydrogens (tertiary/aromatic N) is 3. The number of nitrogens with one attached hydrogen (secondary N) is 1. The number of methoxy groups -OCH3 is 1. The van der Waals surface area contributed by atoms with Crippen LogP contribution < -0.4 is 14.8 Å². The lowest BCUT2D eigenvalue weighted by atomic mass is 10.0. The highest BCUT2D eigenvalue weighted by Crippen LogP contribution is 2.36. The molecule has 12 heteroatoms. The Morgan fingerprint density at radius 3 is 2.59 bits per heavy atom. The zero-order valence-electron chi connectivity index (χ0n) is 20.0. The number of aromatic nitrogens is 2. The van der Waals surface area contributed by atoms with E-state index in [0.29, 0.717) is 22.4 Å². The first-order chi connectivity index (χ1) is 17.6. The van der Waals surface area contributed by atoms with Gasteiger partial charge in [0.1, 0.15) is 17.6 Å². The molecule has 1 aliphatic rings. The van der Waals surface area contributed by atoms with Gasteiger partial charge >= 0.3 is 12.3 Å². The fraction of sp³-hybridized carbons (Fsp3) is 0.320. The van der Waals surface area contributed by atoms with Gasteiger partial charge in [0.15, 0.2) is 0 Å². The Morgan fingerprint density at radius 1 is 1.19 bits per heavy atom. The maximum absolute atomic E-state index is 12.5. The van der Waals surface area contributed by atoms with Crippen LogP contribution in [-0.4, -0.2) is 60.6 Å². The molecular weight excluding hydrogens is 513 g/mol. The Morgan fingerprint density at radius 2 is 1.95 bits per heavy atom. The summed E-state index contributed by atoms with van der Waals surface area (Å²) < 4.78 is 52.3. The second-order valence-corrected chi connectivity index (χ2v) is 8.84. The van der Waals surface area contributed by atoms with Crippen LogP contribution >= 0.6 is 11.6 Å². The molecular formula is C25H24ClF3N4O4. The van der Waals surface area contributed by atoms with Crippen LogP contribution in [0.3, 0.4) is 0 Å². The van der Waals surface area contributed by atoms with Gasteiger partial charge in [-0.3, -0.25) is 0 Å². The van der Waals surface area contributed by atoms with Crippen molar-refractivity contribution in [3.8, 4) is 22.6 Å². The first-order valence-electron chi connectivity index (χ1n) is 11.3. The average Bonchev–Trinajstić information content (AvgIpc) is 3.27. The standard InChI is InChI=1S/C25H24ClF3N4O4/c1-33-7-6-19(14-33)36-21-10-16(9-20(22(21)26)23(34)35-2)17-12-31-24(32-13-17)30-11-15-4-3-5-18(8-15)37-25(27,28)29/h3-5,8-10,12-13,19H,6-7,11,14H2,1-2H3,(H,30,31,32). The first-order valence-corrected chi connectivity index (χ1v) is 11.7. The van der Waals surface area contributed by atoms with Gasteiger partial charge in [-0.05, 0) is 48.9 Å². The fourth-order valence-corrected chi connectivity index (χ4v) is 4.11. The van der Waals surface area contributed by atoms with E-state index in [1.54, 1.807) is 30.6 Å². The third-order valence-electron chi connectivity index (χ3n) is 5.65. The van der Waals surface area contributed by atoms with Crippen LogP contribution in [0, 0.1) is 0 Å². The lowest BCUT2D eigenvalue weighted by Crippen LogP contribution is -2.21. The van der Waals surface area contributed by atoms with E-state index < -0.39 is 12.3 Å². The van der Waals surface area contributed by atoms with Crippen LogP contribution in [-0.2, 0) is 11.3 Å². The summed E-state index contributed by atoms with van der Waals surface area (Å²) in [7, 11) is 3.27. The number of halogens is 4. The Hall–Kier alpha value is -3.57. The molecule has 0 spiro atoms. The van der Waals surface area contributed by atoms with Gasteiger partial charge in [-0.1, -0.05) is 23.7 Å². The van der Waals surface area contributed by atoms with Crippen molar-refractivity contribution in [3.05, 3.63) is 64.9 Å². The summed E-state index contributed by atoms with van der Waals surface area (Å²) in [6.45, 7) is 1.81. The van der Waals surface area contributed by atoms with Gasteiger partial charge in [-0.25, -0.2) is 14.8 Å². The van der Waals surface area contributed by atoms with Gasteiger partial charge in [0.2, 0.25) is 5.95 Å². The second-order valence-electron chi connectivity index (χ2n) is 8.46. The van der Waals surface area contributed by atoms with Gasteiger partial charge in [0.25, 0.3) is 0 Å². The van der Waals surface area contributed by atoms with Crippen LogP contribution in [0.2, 0.25) is 5.02 Å². The molecule has 0 saturated carbocycles. The molecule has 1 unspecified atom stereocenters. The molecule has 8 nitrogen and oxygen atoms in total. The molecule has 1 atom stereocenters. The number of likely N-dealkylation sites (N-methyl/N-ethyl adjacent to an activating group) is 1. The number of alkyl halides is 3. The van der Waals surface area contributed by atoms with E-state index in [2.05, 4.69) is 24.9 Å².